The van der Waals surface area contributed by atoms with E-state index in [1.54, 1.807) is 15.9 Å². The highest BCUT2D eigenvalue weighted by Crippen LogP contribution is 2.30. The maximum atomic E-state index is 13.4. The summed E-state index contributed by atoms with van der Waals surface area (Å²) in [6, 6.07) is 4.48. The number of fused-ring (bicyclic) bond motifs is 2. The minimum atomic E-state index is -0.404. The molecule has 1 saturated carbocycles. The molecule has 1 aromatic heterocycles. The standard InChI is InChI=1S/C20H22FN5O2/c1-25(13-4-5-13)20(28)18-14-10-26(7-6-15(14)23-24-18)19(27)17-8-11-2-3-12(21)9-16(11)22-17/h2-3,9,13,17,22H,4-8,10H2,1H3,(H,23,24). The Bertz CT molecular complexity index is 968. The van der Waals surface area contributed by atoms with Crippen molar-refractivity contribution in [2.45, 2.75) is 44.3 Å². The smallest absolute Gasteiger partial charge is 0.272 e. The third-order valence-electron chi connectivity index (χ3n) is 5.98. The molecule has 3 heterocycles. The molecule has 1 aliphatic carbocycles. The lowest BCUT2D eigenvalue weighted by atomic mass is 10.0. The summed E-state index contributed by atoms with van der Waals surface area (Å²) in [6.07, 6.45) is 3.24. The zero-order valence-corrected chi connectivity index (χ0v) is 15.7. The number of rotatable bonds is 3. The third kappa shape index (κ3) is 2.83. The number of amides is 2. The highest BCUT2D eigenvalue weighted by atomic mass is 19.1. The Balaban J connectivity index is 1.32. The van der Waals surface area contributed by atoms with Gasteiger partial charge in [-0.1, -0.05) is 6.07 Å². The fourth-order valence-corrected chi connectivity index (χ4v) is 4.15. The van der Waals surface area contributed by atoms with Crippen molar-refractivity contribution in [3.63, 3.8) is 0 Å². The number of benzene rings is 1. The van der Waals surface area contributed by atoms with Gasteiger partial charge in [0.05, 0.1) is 5.69 Å². The fraction of sp³-hybridized carbons (Fsp3) is 0.450. The average molecular weight is 383 g/mol. The number of nitrogens with zero attached hydrogens (tertiary/aromatic N) is 3. The first-order valence-electron chi connectivity index (χ1n) is 9.68. The van der Waals surface area contributed by atoms with Crippen LogP contribution in [0.2, 0.25) is 0 Å². The van der Waals surface area contributed by atoms with Crippen LogP contribution >= 0.6 is 0 Å². The zero-order chi connectivity index (χ0) is 19.4. The molecule has 2 aromatic rings. The lowest BCUT2D eigenvalue weighted by Crippen LogP contribution is -2.44. The number of aromatic amines is 1. The Kier molecular flexibility index (Phi) is 3.89. The fourth-order valence-electron chi connectivity index (χ4n) is 4.15. The van der Waals surface area contributed by atoms with Crippen LogP contribution in [0.5, 0.6) is 0 Å². The largest absolute Gasteiger partial charge is 0.373 e. The molecular formula is C20H22FN5O2. The van der Waals surface area contributed by atoms with Gasteiger partial charge in [0, 0.05) is 50.3 Å². The van der Waals surface area contributed by atoms with Gasteiger partial charge in [0.2, 0.25) is 5.91 Å². The van der Waals surface area contributed by atoms with E-state index in [-0.39, 0.29) is 17.6 Å². The third-order valence-corrected chi connectivity index (χ3v) is 5.98. The number of nitrogens with one attached hydrogen (secondary N) is 2. The molecule has 2 amide bonds. The minimum Gasteiger partial charge on any atom is -0.373 e. The van der Waals surface area contributed by atoms with Crippen molar-refractivity contribution in [3.05, 3.63) is 46.5 Å². The molecule has 2 aliphatic heterocycles. The summed E-state index contributed by atoms with van der Waals surface area (Å²) in [5, 5.41) is 10.3. The topological polar surface area (TPSA) is 81.3 Å². The predicted octanol–water partition coefficient (Wildman–Crippen LogP) is 1.70. The summed E-state index contributed by atoms with van der Waals surface area (Å²) >= 11 is 0. The van der Waals surface area contributed by atoms with Crippen LogP contribution in [0.15, 0.2) is 18.2 Å². The second-order valence-electron chi connectivity index (χ2n) is 7.88. The predicted molar refractivity (Wildman–Crippen MR) is 100 cm³/mol. The van der Waals surface area contributed by atoms with Gasteiger partial charge in [0.25, 0.3) is 5.91 Å². The summed E-state index contributed by atoms with van der Waals surface area (Å²) in [7, 11) is 1.82. The van der Waals surface area contributed by atoms with Crippen LogP contribution in [0.3, 0.4) is 0 Å². The zero-order valence-electron chi connectivity index (χ0n) is 15.7. The highest BCUT2D eigenvalue weighted by molar-refractivity contribution is 5.95. The van der Waals surface area contributed by atoms with Gasteiger partial charge in [-0.2, -0.15) is 5.10 Å². The van der Waals surface area contributed by atoms with Gasteiger partial charge in [-0.05, 0) is 30.5 Å². The molecule has 1 unspecified atom stereocenters. The normalized spacial score (nSPS) is 20.4. The summed E-state index contributed by atoms with van der Waals surface area (Å²) in [5.74, 6) is -0.409. The van der Waals surface area contributed by atoms with Crippen molar-refractivity contribution < 1.29 is 14.0 Å². The molecule has 0 bridgehead atoms. The number of aromatic nitrogens is 2. The lowest BCUT2D eigenvalue weighted by Gasteiger charge is -2.29. The number of hydrogen-bond donors (Lipinski definition) is 2. The second kappa shape index (κ2) is 6.32. The minimum absolute atomic E-state index is 0.0302. The van der Waals surface area contributed by atoms with Crippen molar-refractivity contribution in [3.8, 4) is 0 Å². The quantitative estimate of drug-likeness (QED) is 0.846. The first-order valence-corrected chi connectivity index (χ1v) is 9.68. The molecule has 3 aliphatic rings. The van der Waals surface area contributed by atoms with Crippen LogP contribution in [-0.4, -0.2) is 57.5 Å². The molecule has 1 atom stereocenters. The van der Waals surface area contributed by atoms with Gasteiger partial charge in [-0.25, -0.2) is 4.39 Å². The number of halogens is 1. The monoisotopic (exact) mass is 383 g/mol. The van der Waals surface area contributed by atoms with Crippen LogP contribution in [-0.2, 0) is 24.2 Å². The Morgan fingerprint density at radius 1 is 1.32 bits per heavy atom. The molecule has 0 saturated heterocycles. The van der Waals surface area contributed by atoms with Crippen LogP contribution in [0, 0.1) is 5.82 Å². The highest BCUT2D eigenvalue weighted by Gasteiger charge is 2.36. The lowest BCUT2D eigenvalue weighted by molar-refractivity contribution is -0.132. The SMILES string of the molecule is CN(C(=O)c1[nH]nc2c1CN(C(=O)C1Cc3ccc(F)cc3N1)CC2)C1CC1. The van der Waals surface area contributed by atoms with E-state index in [9.17, 15) is 14.0 Å². The van der Waals surface area contributed by atoms with Crippen LogP contribution < -0.4 is 5.32 Å². The van der Waals surface area contributed by atoms with Crippen molar-refractivity contribution in [2.75, 3.05) is 18.9 Å². The van der Waals surface area contributed by atoms with Gasteiger partial charge in [-0.15, -0.1) is 0 Å². The first-order chi connectivity index (χ1) is 13.5. The molecule has 1 fully saturated rings. The Morgan fingerprint density at radius 3 is 2.93 bits per heavy atom. The molecule has 7 nitrogen and oxygen atoms in total. The van der Waals surface area contributed by atoms with Gasteiger partial charge >= 0.3 is 0 Å². The van der Waals surface area contributed by atoms with Gasteiger partial charge in [0.15, 0.2) is 0 Å². The van der Waals surface area contributed by atoms with E-state index >= 15 is 0 Å². The number of anilines is 1. The molecule has 1 aromatic carbocycles. The van der Waals surface area contributed by atoms with E-state index in [4.69, 9.17) is 0 Å². The molecule has 2 N–H and O–H groups in total. The Morgan fingerprint density at radius 2 is 2.14 bits per heavy atom. The number of H-pyrrole nitrogens is 1. The maximum Gasteiger partial charge on any atom is 0.272 e. The number of carbonyl (C=O) groups is 2. The van der Waals surface area contributed by atoms with Crippen LogP contribution in [0.25, 0.3) is 0 Å². The molecule has 28 heavy (non-hydrogen) atoms. The maximum absolute atomic E-state index is 13.4. The number of hydrogen-bond acceptors (Lipinski definition) is 4. The van der Waals surface area contributed by atoms with Crippen LogP contribution in [0.4, 0.5) is 10.1 Å². The molecule has 8 heteroatoms. The molecule has 0 spiro atoms. The van der Waals surface area contributed by atoms with E-state index in [0.717, 1.165) is 29.7 Å². The molecule has 5 rings (SSSR count). The van der Waals surface area contributed by atoms with Crippen molar-refractivity contribution in [2.24, 2.45) is 0 Å². The van der Waals surface area contributed by atoms with E-state index in [2.05, 4.69) is 15.5 Å². The van der Waals surface area contributed by atoms with Gasteiger partial charge in [-0.3, -0.25) is 14.7 Å². The van der Waals surface area contributed by atoms with Gasteiger partial charge in [0.1, 0.15) is 17.6 Å². The van der Waals surface area contributed by atoms with E-state index in [1.807, 2.05) is 7.05 Å². The van der Waals surface area contributed by atoms with E-state index in [1.165, 1.54) is 12.1 Å². The Labute approximate surface area is 161 Å². The van der Waals surface area contributed by atoms with Crippen LogP contribution in [0.1, 0.15) is 40.2 Å². The molecule has 0 radical (unpaired) electrons. The van der Waals surface area contributed by atoms with E-state index < -0.39 is 6.04 Å². The average Bonchev–Trinajstić information content (AvgIpc) is 3.33. The summed E-state index contributed by atoms with van der Waals surface area (Å²) < 4.78 is 13.4. The Hall–Kier alpha value is -2.90. The van der Waals surface area contributed by atoms with Gasteiger partial charge < -0.3 is 15.1 Å². The molecular weight excluding hydrogens is 361 g/mol. The summed E-state index contributed by atoms with van der Waals surface area (Å²) in [4.78, 5) is 29.4. The molecule has 146 valence electrons. The first kappa shape index (κ1) is 17.2. The number of carbonyl (C=O) groups excluding carboxylic acids is 2. The van der Waals surface area contributed by atoms with Crippen molar-refractivity contribution in [1.82, 2.24) is 20.0 Å². The second-order valence-corrected chi connectivity index (χ2v) is 7.88. The van der Waals surface area contributed by atoms with Crippen molar-refractivity contribution >= 4 is 17.5 Å². The van der Waals surface area contributed by atoms with E-state index in [0.29, 0.717) is 43.4 Å². The summed E-state index contributed by atoms with van der Waals surface area (Å²) in [6.45, 7) is 0.929. The van der Waals surface area contributed by atoms with Crippen molar-refractivity contribution in [1.29, 1.82) is 0 Å². The summed E-state index contributed by atoms with van der Waals surface area (Å²) in [5.41, 5.74) is 3.80.